The molecule has 0 spiro atoms. The highest BCUT2D eigenvalue weighted by Crippen LogP contribution is 2.37. The summed E-state index contributed by atoms with van der Waals surface area (Å²) in [4.78, 5) is 23.5. The molecule has 0 aliphatic heterocycles. The number of nitrogens with one attached hydrogen (secondary N) is 1. The van der Waals surface area contributed by atoms with Crippen LogP contribution in [0.15, 0.2) is 0 Å². The zero-order valence-electron chi connectivity index (χ0n) is 11.9. The van der Waals surface area contributed by atoms with Crippen LogP contribution in [0.4, 0.5) is 0 Å². The molecule has 0 aromatic rings. The van der Waals surface area contributed by atoms with Gasteiger partial charge in [0.2, 0.25) is 5.91 Å². The van der Waals surface area contributed by atoms with E-state index in [0.717, 1.165) is 18.8 Å². The number of carboxylic acid groups (broad SMARTS) is 1. The molecular formula is C15H25NO3. The van der Waals surface area contributed by atoms with Crippen molar-refractivity contribution < 1.29 is 14.7 Å². The minimum Gasteiger partial charge on any atom is -0.481 e. The first kappa shape index (κ1) is 14.4. The van der Waals surface area contributed by atoms with Crippen molar-refractivity contribution in [3.8, 4) is 0 Å². The number of amides is 1. The van der Waals surface area contributed by atoms with Crippen LogP contribution in [-0.2, 0) is 9.59 Å². The predicted octanol–water partition coefficient (Wildman–Crippen LogP) is 2.43. The van der Waals surface area contributed by atoms with Crippen molar-refractivity contribution in [2.75, 3.05) is 0 Å². The Bertz CT molecular complexity index is 351. The number of carboxylic acids is 1. The van der Waals surface area contributed by atoms with Crippen molar-refractivity contribution in [1.29, 1.82) is 0 Å². The molecule has 4 nitrogen and oxygen atoms in total. The maximum absolute atomic E-state index is 12.3. The Labute approximate surface area is 115 Å². The molecule has 2 fully saturated rings. The largest absolute Gasteiger partial charge is 0.481 e. The second-order valence-electron chi connectivity index (χ2n) is 6.42. The predicted molar refractivity (Wildman–Crippen MR) is 72.6 cm³/mol. The van der Waals surface area contributed by atoms with Crippen LogP contribution in [0.1, 0.15) is 52.4 Å². The molecule has 19 heavy (non-hydrogen) atoms. The van der Waals surface area contributed by atoms with Gasteiger partial charge in [-0.2, -0.15) is 0 Å². The Kier molecular flexibility index (Phi) is 4.48. The molecule has 2 aliphatic rings. The Hall–Kier alpha value is -1.06. The topological polar surface area (TPSA) is 66.4 Å². The Morgan fingerprint density at radius 1 is 1.26 bits per heavy atom. The van der Waals surface area contributed by atoms with E-state index in [-0.39, 0.29) is 17.9 Å². The van der Waals surface area contributed by atoms with Crippen molar-refractivity contribution in [2.24, 2.45) is 23.7 Å². The molecule has 0 saturated heterocycles. The number of hydrogen-bond acceptors (Lipinski definition) is 2. The number of carbonyl (C=O) groups excluding carboxylic acids is 1. The van der Waals surface area contributed by atoms with Gasteiger partial charge in [0.15, 0.2) is 0 Å². The molecule has 1 amide bonds. The average molecular weight is 267 g/mol. The molecule has 0 aromatic heterocycles. The van der Waals surface area contributed by atoms with Crippen LogP contribution in [0.3, 0.4) is 0 Å². The van der Waals surface area contributed by atoms with Crippen LogP contribution in [0, 0.1) is 23.7 Å². The van der Waals surface area contributed by atoms with Crippen molar-refractivity contribution in [3.63, 3.8) is 0 Å². The molecule has 2 aliphatic carbocycles. The summed E-state index contributed by atoms with van der Waals surface area (Å²) >= 11 is 0. The fraction of sp³-hybridized carbons (Fsp3) is 0.867. The molecule has 4 unspecified atom stereocenters. The van der Waals surface area contributed by atoms with Gasteiger partial charge < -0.3 is 10.4 Å². The SMILES string of the molecule is CCC(CC1CC1)NC(=O)C1CC(C)CC1C(=O)O. The number of hydrogen-bond donors (Lipinski definition) is 2. The third-order valence-electron chi connectivity index (χ3n) is 4.61. The highest BCUT2D eigenvalue weighted by Gasteiger charge is 2.41. The number of aliphatic carboxylic acids is 1. The van der Waals surface area contributed by atoms with E-state index in [0.29, 0.717) is 18.8 Å². The van der Waals surface area contributed by atoms with Gasteiger partial charge in [-0.25, -0.2) is 0 Å². The molecule has 108 valence electrons. The first-order chi connectivity index (χ1) is 9.01. The van der Waals surface area contributed by atoms with Gasteiger partial charge in [-0.15, -0.1) is 0 Å². The monoisotopic (exact) mass is 267 g/mol. The maximum Gasteiger partial charge on any atom is 0.307 e. The number of carbonyl (C=O) groups is 2. The molecule has 2 saturated carbocycles. The van der Waals surface area contributed by atoms with Crippen LogP contribution in [0.2, 0.25) is 0 Å². The van der Waals surface area contributed by atoms with E-state index in [1.165, 1.54) is 12.8 Å². The zero-order valence-corrected chi connectivity index (χ0v) is 11.9. The third-order valence-corrected chi connectivity index (χ3v) is 4.61. The number of rotatable bonds is 6. The summed E-state index contributed by atoms with van der Waals surface area (Å²) in [6.07, 6.45) is 5.90. The molecule has 0 bridgehead atoms. The lowest BCUT2D eigenvalue weighted by Crippen LogP contribution is -2.41. The smallest absolute Gasteiger partial charge is 0.307 e. The minimum absolute atomic E-state index is 0.0377. The Balaban J connectivity index is 1.91. The molecule has 4 atom stereocenters. The molecule has 2 N–H and O–H groups in total. The third kappa shape index (κ3) is 3.71. The molecule has 4 heteroatoms. The Morgan fingerprint density at radius 2 is 1.89 bits per heavy atom. The van der Waals surface area contributed by atoms with Gasteiger partial charge in [0, 0.05) is 6.04 Å². The summed E-state index contributed by atoms with van der Waals surface area (Å²) in [5, 5.41) is 12.3. The van der Waals surface area contributed by atoms with E-state index in [2.05, 4.69) is 12.2 Å². The normalized spacial score (nSPS) is 32.0. The molecule has 2 rings (SSSR count). The maximum atomic E-state index is 12.3. The lowest BCUT2D eigenvalue weighted by atomic mass is 9.94. The fourth-order valence-corrected chi connectivity index (χ4v) is 3.25. The summed E-state index contributed by atoms with van der Waals surface area (Å²) in [6, 6.07) is 0.227. The van der Waals surface area contributed by atoms with E-state index in [4.69, 9.17) is 0 Å². The lowest BCUT2D eigenvalue weighted by molar-refractivity contribution is -0.146. The lowest BCUT2D eigenvalue weighted by Gasteiger charge is -2.21. The molecular weight excluding hydrogens is 242 g/mol. The summed E-state index contributed by atoms with van der Waals surface area (Å²) in [5.74, 6) is -0.568. The highest BCUT2D eigenvalue weighted by atomic mass is 16.4. The van der Waals surface area contributed by atoms with Gasteiger partial charge in [-0.3, -0.25) is 9.59 Å². The van der Waals surface area contributed by atoms with Crippen molar-refractivity contribution in [2.45, 2.75) is 58.4 Å². The Morgan fingerprint density at radius 3 is 2.42 bits per heavy atom. The summed E-state index contributed by atoms with van der Waals surface area (Å²) in [5.41, 5.74) is 0. The van der Waals surface area contributed by atoms with E-state index < -0.39 is 11.9 Å². The van der Waals surface area contributed by atoms with E-state index >= 15 is 0 Å². The van der Waals surface area contributed by atoms with Crippen LogP contribution in [0.25, 0.3) is 0 Å². The van der Waals surface area contributed by atoms with Gasteiger partial charge in [0.25, 0.3) is 0 Å². The van der Waals surface area contributed by atoms with Crippen LogP contribution < -0.4 is 5.32 Å². The average Bonchev–Trinajstić information content (AvgIpc) is 3.08. The second-order valence-corrected chi connectivity index (χ2v) is 6.42. The summed E-state index contributed by atoms with van der Waals surface area (Å²) in [6.45, 7) is 4.12. The van der Waals surface area contributed by atoms with Gasteiger partial charge in [0.05, 0.1) is 11.8 Å². The summed E-state index contributed by atoms with van der Waals surface area (Å²) in [7, 11) is 0. The van der Waals surface area contributed by atoms with E-state index in [1.54, 1.807) is 0 Å². The standard InChI is InChI=1S/C15H25NO3/c1-3-11(8-10-4-5-10)16-14(17)12-6-9(2)7-13(12)15(18)19/h9-13H,3-8H2,1-2H3,(H,16,17)(H,18,19). The van der Waals surface area contributed by atoms with Gasteiger partial charge in [-0.1, -0.05) is 26.7 Å². The minimum atomic E-state index is -0.820. The van der Waals surface area contributed by atoms with Crippen LogP contribution >= 0.6 is 0 Å². The van der Waals surface area contributed by atoms with Gasteiger partial charge >= 0.3 is 5.97 Å². The quantitative estimate of drug-likeness (QED) is 0.776. The highest BCUT2D eigenvalue weighted by molar-refractivity contribution is 5.85. The van der Waals surface area contributed by atoms with Gasteiger partial charge in [-0.05, 0) is 37.5 Å². The van der Waals surface area contributed by atoms with Gasteiger partial charge in [0.1, 0.15) is 0 Å². The van der Waals surface area contributed by atoms with E-state index in [1.807, 2.05) is 6.92 Å². The molecule has 0 radical (unpaired) electrons. The second kappa shape index (κ2) is 5.93. The van der Waals surface area contributed by atoms with Crippen LogP contribution in [-0.4, -0.2) is 23.0 Å². The van der Waals surface area contributed by atoms with Crippen molar-refractivity contribution in [1.82, 2.24) is 5.32 Å². The summed E-state index contributed by atoms with van der Waals surface area (Å²) < 4.78 is 0. The first-order valence-electron chi connectivity index (χ1n) is 7.54. The molecule has 0 heterocycles. The first-order valence-corrected chi connectivity index (χ1v) is 7.54. The van der Waals surface area contributed by atoms with Crippen LogP contribution in [0.5, 0.6) is 0 Å². The van der Waals surface area contributed by atoms with E-state index in [9.17, 15) is 14.7 Å². The zero-order chi connectivity index (χ0) is 14.0. The van der Waals surface area contributed by atoms with Crippen molar-refractivity contribution in [3.05, 3.63) is 0 Å². The fourth-order valence-electron chi connectivity index (χ4n) is 3.25. The van der Waals surface area contributed by atoms with Crippen molar-refractivity contribution >= 4 is 11.9 Å². The molecule has 0 aromatic carbocycles.